The first-order chi connectivity index (χ1) is 29.5. The molecule has 2 aromatic carbocycles. The molecule has 15 heteroatoms. The minimum absolute atomic E-state index is 0.0482. The molecule has 9 N–H and O–H groups in total. The number of rotatable bonds is 7. The number of benzene rings is 2. The van der Waals surface area contributed by atoms with E-state index >= 15 is 9.59 Å². The summed E-state index contributed by atoms with van der Waals surface area (Å²) in [6.45, 7) is -0.526. The summed E-state index contributed by atoms with van der Waals surface area (Å²) in [5.41, 5.74) is -3.34. The first-order valence-corrected chi connectivity index (χ1v) is 23.7. The number of ketones is 2. The number of aliphatic hydroxyl groups is 7. The average Bonchev–Trinajstić information content (AvgIpc) is 3.77. The van der Waals surface area contributed by atoms with Crippen LogP contribution in [0.4, 0.5) is 0 Å². The zero-order valence-electron chi connectivity index (χ0n) is 33.8. The molecule has 13 nitrogen and oxygen atoms in total. The van der Waals surface area contributed by atoms with Crippen molar-refractivity contribution in [3.05, 3.63) is 112 Å². The van der Waals surface area contributed by atoms with E-state index in [4.69, 9.17) is 9.47 Å². The van der Waals surface area contributed by atoms with Crippen LogP contribution in [0.5, 0.6) is 5.75 Å². The molecular formula is C46H54N2O11S2. The fourth-order valence-corrected chi connectivity index (χ4v) is 14.6. The van der Waals surface area contributed by atoms with Gasteiger partial charge < -0.3 is 55.9 Å². The summed E-state index contributed by atoms with van der Waals surface area (Å²) < 4.78 is 12.9. The Morgan fingerprint density at radius 2 is 1.74 bits per heavy atom. The summed E-state index contributed by atoms with van der Waals surface area (Å²) in [7, 11) is 2.79. The van der Waals surface area contributed by atoms with E-state index in [1.165, 1.54) is 33.7 Å². The molecule has 3 fully saturated rings. The van der Waals surface area contributed by atoms with Gasteiger partial charge in [0.25, 0.3) is 0 Å². The summed E-state index contributed by atoms with van der Waals surface area (Å²) in [6.07, 6.45) is 6.71. The fraction of sp³-hybridized carbons (Fsp3) is 0.522. The minimum atomic E-state index is -2.22. The molecule has 61 heavy (non-hydrogen) atoms. The molecule has 1 saturated heterocycles. The van der Waals surface area contributed by atoms with Gasteiger partial charge in [-0.05, 0) is 85.4 Å². The summed E-state index contributed by atoms with van der Waals surface area (Å²) in [6, 6.07) is 11.9. The highest BCUT2D eigenvalue weighted by Gasteiger charge is 2.72. The molecule has 9 atom stereocenters. The molecule has 9 rings (SSSR count). The molecule has 0 amide bonds. The highest BCUT2D eigenvalue weighted by molar-refractivity contribution is 8.76. The van der Waals surface area contributed by atoms with Crippen molar-refractivity contribution < 1.29 is 54.8 Å². The van der Waals surface area contributed by atoms with Crippen LogP contribution in [0.25, 0.3) is 0 Å². The highest BCUT2D eigenvalue weighted by atomic mass is 33.1. The second kappa shape index (κ2) is 16.5. The maximum absolute atomic E-state index is 15.7. The van der Waals surface area contributed by atoms with Gasteiger partial charge in [-0.1, -0.05) is 83.0 Å². The van der Waals surface area contributed by atoms with Crippen molar-refractivity contribution in [1.29, 1.82) is 0 Å². The minimum Gasteiger partial charge on any atom is -0.511 e. The highest BCUT2D eigenvalue weighted by Crippen LogP contribution is 2.63. The number of hydrogen-bond donors (Lipinski definition) is 9. The quantitative estimate of drug-likeness (QED) is 0.179. The van der Waals surface area contributed by atoms with Crippen molar-refractivity contribution in [2.75, 3.05) is 25.6 Å². The molecule has 4 aliphatic carbocycles. The maximum Gasteiger partial charge on any atom is 0.229 e. The molecule has 3 aliphatic heterocycles. The molecular weight excluding hydrogens is 821 g/mol. The largest absolute Gasteiger partial charge is 0.511 e. The van der Waals surface area contributed by atoms with Gasteiger partial charge in [0.1, 0.15) is 40.3 Å². The number of Topliss-reactive ketones (excluding diaryl/α,β-unsaturated/α-hetero) is 2. The molecule has 7 bridgehead atoms. The molecule has 3 heterocycles. The van der Waals surface area contributed by atoms with Crippen LogP contribution in [0.3, 0.4) is 0 Å². The molecule has 7 aliphatic rings. The zero-order chi connectivity index (χ0) is 42.7. The van der Waals surface area contributed by atoms with Gasteiger partial charge >= 0.3 is 0 Å². The molecule has 2 aromatic rings. The number of carbonyl (C=O) groups is 2. The van der Waals surface area contributed by atoms with Gasteiger partial charge in [0, 0.05) is 35.3 Å². The van der Waals surface area contributed by atoms with Crippen molar-refractivity contribution in [1.82, 2.24) is 10.6 Å². The van der Waals surface area contributed by atoms with Crippen molar-refractivity contribution >= 4 is 33.2 Å². The Hall–Kier alpha value is -3.64. The smallest absolute Gasteiger partial charge is 0.229 e. The van der Waals surface area contributed by atoms with Crippen molar-refractivity contribution in [2.24, 2.45) is 22.7 Å². The summed E-state index contributed by atoms with van der Waals surface area (Å²) in [5.74, 6) is -2.16. The van der Waals surface area contributed by atoms with Crippen molar-refractivity contribution in [2.45, 2.75) is 99.3 Å². The van der Waals surface area contributed by atoms with Gasteiger partial charge in [-0.2, -0.15) is 0 Å². The number of carbonyl (C=O) groups excluding carboxylic acids is 2. The first-order valence-electron chi connectivity index (χ1n) is 21.3. The van der Waals surface area contributed by atoms with Crippen molar-refractivity contribution in [3.63, 3.8) is 0 Å². The Morgan fingerprint density at radius 1 is 0.951 bits per heavy atom. The topological polar surface area (TPSA) is 218 Å². The first kappa shape index (κ1) is 42.7. The predicted molar refractivity (Wildman–Crippen MR) is 229 cm³/mol. The lowest BCUT2D eigenvalue weighted by Gasteiger charge is -2.63. The molecule has 0 radical (unpaired) electrons. The third-order valence-electron chi connectivity index (χ3n) is 14.6. The second-order valence-corrected chi connectivity index (χ2v) is 20.2. The van der Waals surface area contributed by atoms with Gasteiger partial charge in [-0.3, -0.25) is 9.59 Å². The summed E-state index contributed by atoms with van der Waals surface area (Å²) >= 11 is 0. The number of fused-ring (bicyclic) bond motifs is 5. The fourth-order valence-electron chi connectivity index (χ4n) is 11.7. The van der Waals surface area contributed by atoms with Crippen LogP contribution in [0, 0.1) is 22.7 Å². The van der Waals surface area contributed by atoms with E-state index in [0.29, 0.717) is 49.2 Å². The van der Waals surface area contributed by atoms with Gasteiger partial charge in [-0.25, -0.2) is 0 Å². The third kappa shape index (κ3) is 6.64. The molecule has 2 saturated carbocycles. The van der Waals surface area contributed by atoms with E-state index in [0.717, 1.165) is 29.8 Å². The van der Waals surface area contributed by atoms with E-state index in [1.54, 1.807) is 24.3 Å². The second-order valence-electron chi connectivity index (χ2n) is 17.6. The number of hydrogen-bond acceptors (Lipinski definition) is 15. The van der Waals surface area contributed by atoms with E-state index in [1.807, 2.05) is 24.3 Å². The Bertz CT molecular complexity index is 2200. The zero-order valence-corrected chi connectivity index (χ0v) is 35.4. The lowest BCUT2D eigenvalue weighted by Crippen LogP contribution is -2.79. The van der Waals surface area contributed by atoms with E-state index in [2.05, 4.69) is 16.7 Å². The maximum atomic E-state index is 15.7. The molecule has 2 spiro atoms. The number of allylic oxidation sites excluding steroid dienone is 6. The third-order valence-corrected chi connectivity index (χ3v) is 17.3. The molecule has 326 valence electrons. The van der Waals surface area contributed by atoms with Gasteiger partial charge in [0.2, 0.25) is 6.29 Å². The van der Waals surface area contributed by atoms with Crippen LogP contribution < -0.4 is 15.4 Å². The Morgan fingerprint density at radius 3 is 2.51 bits per heavy atom. The lowest BCUT2D eigenvalue weighted by atomic mass is 9.52. The van der Waals surface area contributed by atoms with Gasteiger partial charge in [0.15, 0.2) is 11.6 Å². The van der Waals surface area contributed by atoms with Gasteiger partial charge in [0.05, 0.1) is 36.4 Å². The lowest BCUT2D eigenvalue weighted by molar-refractivity contribution is -0.383. The van der Waals surface area contributed by atoms with Crippen LogP contribution in [0.1, 0.15) is 83.2 Å². The van der Waals surface area contributed by atoms with Crippen LogP contribution >= 0.6 is 21.6 Å². The van der Waals surface area contributed by atoms with Crippen LogP contribution in [-0.4, -0.2) is 108 Å². The van der Waals surface area contributed by atoms with Crippen molar-refractivity contribution in [3.8, 4) is 5.75 Å². The Balaban J connectivity index is 1.20. The number of aliphatic hydroxyl groups excluding tert-OH is 6. The van der Waals surface area contributed by atoms with Crippen LogP contribution in [0.2, 0.25) is 0 Å². The number of dihydropyridines is 1. The Kier molecular flexibility index (Phi) is 11.5. The summed E-state index contributed by atoms with van der Waals surface area (Å²) in [4.78, 5) is 30.8. The molecule has 9 unspecified atom stereocenters. The number of nitrogens with one attached hydrogen (secondary N) is 2. The van der Waals surface area contributed by atoms with E-state index in [9.17, 15) is 35.7 Å². The monoisotopic (exact) mass is 874 g/mol. The van der Waals surface area contributed by atoms with E-state index < -0.39 is 75.8 Å². The standard InChI is InChI=1S/C46H54N2O11S2/c49-17-5-10-35-45-31(20-28(21-34(45)52)19-26-6-3-7-27(18-26)23-50)38(53)30-8-4-9-32(37(30)39(45)54)58-41-40(55)46(57)33(11-15-44(24-51,59-41)42(46)56)43(13-1-2-14-43)29-12-16-47-36(22-29)48-25-60-61-35/h3-4,6-9,12,18,20-22,31,33,35,40-42,47-52,55-57H,1-2,5,10-11,13-17,19,23-25H2. The van der Waals surface area contributed by atoms with Crippen LogP contribution in [-0.2, 0) is 17.8 Å². The number of ether oxygens (including phenoxy) is 2. The van der Waals surface area contributed by atoms with E-state index in [-0.39, 0.29) is 55.1 Å². The van der Waals surface area contributed by atoms with Crippen LogP contribution in [0.15, 0.2) is 89.5 Å². The molecule has 0 aromatic heterocycles. The average molecular weight is 875 g/mol. The Labute approximate surface area is 362 Å². The SMILES string of the molecule is O=C1c2cccc3c2C(=O)C2(C(O)=CC(Cc4cccc(CO)c4)=CC12)C(CCCO)SSCNC1=CC(=CCN1)C1(CCCC1)C1CCC2(CO)OC(O3)C(O)C1(O)C2O. The normalized spacial score (nSPS) is 35.3. The van der Waals surface area contributed by atoms with Gasteiger partial charge in [-0.15, -0.1) is 0 Å². The predicted octanol–water partition coefficient (Wildman–Crippen LogP) is 4.13. The summed E-state index contributed by atoms with van der Waals surface area (Å²) in [5, 5.41) is 86.9.